The number of hydrogen-bond donors (Lipinski definition) is 3. The molecule has 1 fully saturated rings. The van der Waals surface area contributed by atoms with Crippen LogP contribution in [0.3, 0.4) is 0 Å². The van der Waals surface area contributed by atoms with Gasteiger partial charge in [-0.2, -0.15) is 0 Å². The average Bonchev–Trinajstić information content (AvgIpc) is 3.07. The third-order valence-corrected chi connectivity index (χ3v) is 4.87. The Morgan fingerprint density at radius 2 is 2.10 bits per heavy atom. The molecule has 1 aliphatic heterocycles. The second-order valence-electron chi connectivity index (χ2n) is 7.41. The summed E-state index contributed by atoms with van der Waals surface area (Å²) in [6, 6.07) is 7.53. The van der Waals surface area contributed by atoms with Gasteiger partial charge in [0, 0.05) is 6.54 Å². The third-order valence-electron chi connectivity index (χ3n) is 4.87. The first kappa shape index (κ1) is 23.1. The van der Waals surface area contributed by atoms with Gasteiger partial charge in [-0.25, -0.2) is 4.68 Å². The quantitative estimate of drug-likeness (QED) is 0.631. The van der Waals surface area contributed by atoms with Crippen LogP contribution in [0.5, 0.6) is 5.75 Å². The lowest BCUT2D eigenvalue weighted by atomic mass is 10.1. The minimum atomic E-state index is -0.834. The predicted octanol–water partition coefficient (Wildman–Crippen LogP) is 2.18. The minimum Gasteiger partial charge on any atom is -0.491 e. The first-order chi connectivity index (χ1) is 13.5. The molecule has 3 rings (SSSR count). The van der Waals surface area contributed by atoms with Crippen LogP contribution in [0.25, 0.3) is 0 Å². The number of rotatable bonds is 7. The van der Waals surface area contributed by atoms with Gasteiger partial charge in [-0.05, 0) is 64.4 Å². The molecule has 8 nitrogen and oxygen atoms in total. The number of hydrogen-bond acceptors (Lipinski definition) is 6. The van der Waals surface area contributed by atoms with Crippen molar-refractivity contribution in [3.63, 3.8) is 0 Å². The summed E-state index contributed by atoms with van der Waals surface area (Å²) in [7, 11) is 0. The van der Waals surface area contributed by atoms with Crippen molar-refractivity contribution in [2.45, 2.75) is 51.9 Å². The maximum atomic E-state index is 12.5. The van der Waals surface area contributed by atoms with Crippen molar-refractivity contribution in [1.82, 2.24) is 25.6 Å². The minimum absolute atomic E-state index is 0. The molecule has 1 amide bonds. The van der Waals surface area contributed by atoms with Gasteiger partial charge in [0.05, 0.1) is 23.9 Å². The fourth-order valence-corrected chi connectivity index (χ4v) is 3.41. The van der Waals surface area contributed by atoms with Crippen molar-refractivity contribution in [2.24, 2.45) is 0 Å². The molecule has 29 heavy (non-hydrogen) atoms. The van der Waals surface area contributed by atoms with E-state index in [1.165, 1.54) is 0 Å². The molecule has 1 aromatic heterocycles. The molecule has 0 radical (unpaired) electrons. The summed E-state index contributed by atoms with van der Waals surface area (Å²) in [5, 5.41) is 24.8. The molecule has 0 spiro atoms. The van der Waals surface area contributed by atoms with Crippen LogP contribution in [-0.2, 0) is 0 Å². The van der Waals surface area contributed by atoms with Crippen LogP contribution >= 0.6 is 12.4 Å². The molecular weight excluding hydrogens is 394 g/mol. The number of aliphatic hydroxyl groups excluding tert-OH is 1. The van der Waals surface area contributed by atoms with E-state index in [2.05, 4.69) is 20.9 Å². The lowest BCUT2D eigenvalue weighted by Crippen LogP contribution is -2.31. The van der Waals surface area contributed by atoms with Crippen LogP contribution < -0.4 is 15.4 Å². The molecule has 1 atom stereocenters. The molecule has 0 saturated carbocycles. The molecule has 0 bridgehead atoms. The van der Waals surface area contributed by atoms with Crippen LogP contribution in [0.15, 0.2) is 24.3 Å². The second kappa shape index (κ2) is 10.6. The van der Waals surface area contributed by atoms with Crippen LogP contribution in [0, 0.1) is 6.92 Å². The number of halogens is 1. The maximum Gasteiger partial charge on any atom is 0.273 e. The topological polar surface area (TPSA) is 101 Å². The second-order valence-corrected chi connectivity index (χ2v) is 7.41. The number of carbonyl (C=O) groups is 1. The van der Waals surface area contributed by atoms with Crippen molar-refractivity contribution >= 4 is 18.3 Å². The van der Waals surface area contributed by atoms with E-state index in [0.717, 1.165) is 31.6 Å². The zero-order valence-corrected chi connectivity index (χ0v) is 17.9. The van der Waals surface area contributed by atoms with Crippen LogP contribution in [-0.4, -0.2) is 51.7 Å². The number of ether oxygens (including phenoxy) is 1. The number of piperidine rings is 1. The van der Waals surface area contributed by atoms with Crippen LogP contribution in [0.1, 0.15) is 60.6 Å². The molecule has 160 valence electrons. The summed E-state index contributed by atoms with van der Waals surface area (Å²) in [5.74, 6) is 0.366. The summed E-state index contributed by atoms with van der Waals surface area (Å²) in [4.78, 5) is 12.5. The van der Waals surface area contributed by atoms with Gasteiger partial charge in [0.25, 0.3) is 5.91 Å². The normalized spacial score (nSPS) is 15.6. The molecule has 1 saturated heterocycles. The van der Waals surface area contributed by atoms with E-state index in [0.29, 0.717) is 17.0 Å². The Hall–Kier alpha value is -2.16. The molecule has 1 aromatic carbocycles. The van der Waals surface area contributed by atoms with Gasteiger partial charge in [-0.15, -0.1) is 17.5 Å². The first-order valence-corrected chi connectivity index (χ1v) is 9.81. The highest BCUT2D eigenvalue weighted by atomic mass is 35.5. The highest BCUT2D eigenvalue weighted by Crippen LogP contribution is 2.21. The Kier molecular flexibility index (Phi) is 8.43. The van der Waals surface area contributed by atoms with E-state index in [1.54, 1.807) is 6.07 Å². The van der Waals surface area contributed by atoms with Gasteiger partial charge < -0.3 is 20.5 Å². The molecular formula is C20H30ClN5O3. The van der Waals surface area contributed by atoms with E-state index in [1.807, 2.05) is 43.7 Å². The van der Waals surface area contributed by atoms with Crippen molar-refractivity contribution in [1.29, 1.82) is 0 Å². The molecule has 2 heterocycles. The number of amides is 1. The first-order valence-electron chi connectivity index (χ1n) is 9.81. The predicted molar refractivity (Wildman–Crippen MR) is 113 cm³/mol. The van der Waals surface area contributed by atoms with E-state index >= 15 is 0 Å². The Morgan fingerprint density at radius 1 is 1.38 bits per heavy atom. The SMILES string of the molecule is Cc1c(C(=O)NCC(O)c2cccc(OC(C)C)c2)nnn1C1CCNCC1.Cl. The summed E-state index contributed by atoms with van der Waals surface area (Å²) >= 11 is 0. The zero-order valence-electron chi connectivity index (χ0n) is 17.1. The highest BCUT2D eigenvalue weighted by Gasteiger charge is 2.23. The molecule has 0 aliphatic carbocycles. The van der Waals surface area contributed by atoms with Crippen molar-refractivity contribution in [3.8, 4) is 5.75 Å². The maximum absolute atomic E-state index is 12.5. The van der Waals surface area contributed by atoms with Gasteiger partial charge in [-0.1, -0.05) is 17.3 Å². The Bertz CT molecular complexity index is 805. The number of nitrogens with one attached hydrogen (secondary N) is 2. The average molecular weight is 424 g/mol. The summed E-state index contributed by atoms with van der Waals surface area (Å²) in [5.41, 5.74) is 1.75. The summed E-state index contributed by atoms with van der Waals surface area (Å²) < 4.78 is 7.50. The third kappa shape index (κ3) is 5.91. The smallest absolute Gasteiger partial charge is 0.273 e. The number of benzene rings is 1. The van der Waals surface area contributed by atoms with Crippen LogP contribution in [0.2, 0.25) is 0 Å². The Labute approximate surface area is 177 Å². The van der Waals surface area contributed by atoms with Crippen LogP contribution in [0.4, 0.5) is 0 Å². The number of aliphatic hydroxyl groups is 1. The molecule has 1 aliphatic rings. The highest BCUT2D eigenvalue weighted by molar-refractivity contribution is 5.93. The largest absolute Gasteiger partial charge is 0.491 e. The van der Waals surface area contributed by atoms with Gasteiger partial charge >= 0.3 is 0 Å². The lowest BCUT2D eigenvalue weighted by molar-refractivity contribution is 0.0910. The van der Waals surface area contributed by atoms with E-state index in [9.17, 15) is 9.90 Å². The van der Waals surface area contributed by atoms with Gasteiger partial charge in [-0.3, -0.25) is 4.79 Å². The fourth-order valence-electron chi connectivity index (χ4n) is 3.41. The standard InChI is InChI=1S/C20H29N5O3.ClH/c1-13(2)28-17-6-4-5-15(11-17)18(26)12-22-20(27)19-14(3)25(24-23-19)16-7-9-21-10-8-16;/h4-6,11,13,16,18,21,26H,7-10,12H2,1-3H3,(H,22,27);1H. The van der Waals surface area contributed by atoms with Gasteiger partial charge in [0.15, 0.2) is 5.69 Å². The fraction of sp³-hybridized carbons (Fsp3) is 0.550. The zero-order chi connectivity index (χ0) is 20.1. The molecule has 3 N–H and O–H groups in total. The summed E-state index contributed by atoms with van der Waals surface area (Å²) in [6.45, 7) is 7.73. The van der Waals surface area contributed by atoms with Crippen molar-refractivity contribution < 1.29 is 14.6 Å². The molecule has 9 heteroatoms. The monoisotopic (exact) mass is 423 g/mol. The lowest BCUT2D eigenvalue weighted by Gasteiger charge is -2.23. The van der Waals surface area contributed by atoms with E-state index < -0.39 is 6.10 Å². The van der Waals surface area contributed by atoms with E-state index in [-0.39, 0.29) is 37.0 Å². The van der Waals surface area contributed by atoms with Gasteiger partial charge in [0.1, 0.15) is 5.75 Å². The Morgan fingerprint density at radius 3 is 2.79 bits per heavy atom. The Balaban J connectivity index is 0.00000300. The molecule has 2 aromatic rings. The summed E-state index contributed by atoms with van der Waals surface area (Å²) in [6.07, 6.45) is 1.16. The molecule has 1 unspecified atom stereocenters. The number of aromatic nitrogens is 3. The number of nitrogens with zero attached hydrogens (tertiary/aromatic N) is 3. The van der Waals surface area contributed by atoms with E-state index in [4.69, 9.17) is 4.74 Å². The van der Waals surface area contributed by atoms with Gasteiger partial charge in [0.2, 0.25) is 0 Å². The van der Waals surface area contributed by atoms with Crippen molar-refractivity contribution in [3.05, 3.63) is 41.2 Å². The number of carbonyl (C=O) groups excluding carboxylic acids is 1. The van der Waals surface area contributed by atoms with Crippen molar-refractivity contribution in [2.75, 3.05) is 19.6 Å².